The van der Waals surface area contributed by atoms with Crippen molar-refractivity contribution >= 4 is 6.34 Å². The Kier molecular flexibility index (Phi) is 3.49. The molecule has 1 aliphatic heterocycles. The van der Waals surface area contributed by atoms with Crippen molar-refractivity contribution in [1.82, 2.24) is 9.91 Å². The van der Waals surface area contributed by atoms with Gasteiger partial charge < -0.3 is 4.90 Å². The Balaban J connectivity index is 1.86. The van der Waals surface area contributed by atoms with Crippen LogP contribution < -0.4 is 0 Å². The summed E-state index contributed by atoms with van der Waals surface area (Å²) in [6, 6.07) is 0. The highest BCUT2D eigenvalue weighted by atomic mass is 15.6. The molecule has 0 N–H and O–H groups in total. The Morgan fingerprint density at radius 1 is 1.27 bits per heavy atom. The normalized spacial score (nSPS) is 27.7. The molecule has 2 aliphatic rings. The molecule has 3 nitrogen and oxygen atoms in total. The van der Waals surface area contributed by atoms with Crippen LogP contribution in [0.1, 0.15) is 45.4 Å². The van der Waals surface area contributed by atoms with Gasteiger partial charge in [-0.15, -0.1) is 0 Å². The van der Waals surface area contributed by atoms with Gasteiger partial charge >= 0.3 is 0 Å². The van der Waals surface area contributed by atoms with Crippen LogP contribution in [0.5, 0.6) is 0 Å². The van der Waals surface area contributed by atoms with Crippen LogP contribution in [0.3, 0.4) is 0 Å². The number of hydrogen-bond donors (Lipinski definition) is 0. The molecule has 0 amide bonds. The first-order valence-corrected chi connectivity index (χ1v) is 6.34. The Bertz CT molecular complexity index is 221. The second-order valence-corrected chi connectivity index (χ2v) is 4.86. The molecule has 0 radical (unpaired) electrons. The lowest BCUT2D eigenvalue weighted by Crippen LogP contribution is -2.39. The van der Waals surface area contributed by atoms with Gasteiger partial charge in [0.25, 0.3) is 0 Å². The molecule has 2 rings (SSSR count). The van der Waals surface area contributed by atoms with E-state index in [0.717, 1.165) is 12.5 Å². The third-order valence-corrected chi connectivity index (χ3v) is 3.83. The quantitative estimate of drug-likeness (QED) is 0.711. The van der Waals surface area contributed by atoms with Gasteiger partial charge in [-0.2, -0.15) is 5.10 Å². The predicted molar refractivity (Wildman–Crippen MR) is 63.6 cm³/mol. The van der Waals surface area contributed by atoms with Gasteiger partial charge in [0.1, 0.15) is 12.5 Å². The van der Waals surface area contributed by atoms with Crippen molar-refractivity contribution in [1.29, 1.82) is 0 Å². The molecule has 0 spiro atoms. The minimum absolute atomic E-state index is 0.526. The molecular formula is C12H23N3. The zero-order valence-electron chi connectivity index (χ0n) is 10.0. The molecule has 1 saturated carbocycles. The highest BCUT2D eigenvalue weighted by Gasteiger charge is 2.27. The van der Waals surface area contributed by atoms with Crippen molar-refractivity contribution in [3.63, 3.8) is 0 Å². The van der Waals surface area contributed by atoms with Crippen LogP contribution in [0.25, 0.3) is 0 Å². The molecule has 0 bridgehead atoms. The number of hydrazone groups is 1. The second-order valence-electron chi connectivity index (χ2n) is 4.86. The van der Waals surface area contributed by atoms with Gasteiger partial charge in [0, 0.05) is 13.6 Å². The Morgan fingerprint density at radius 3 is 2.67 bits per heavy atom. The second kappa shape index (κ2) is 4.86. The predicted octanol–water partition coefficient (Wildman–Crippen LogP) is 2.49. The summed E-state index contributed by atoms with van der Waals surface area (Å²) in [6.07, 6.45) is 11.0. The fourth-order valence-corrected chi connectivity index (χ4v) is 2.82. The van der Waals surface area contributed by atoms with Crippen LogP contribution >= 0.6 is 0 Å². The highest BCUT2D eigenvalue weighted by Crippen LogP contribution is 2.30. The van der Waals surface area contributed by atoms with Crippen molar-refractivity contribution in [2.24, 2.45) is 11.0 Å². The van der Waals surface area contributed by atoms with Gasteiger partial charge in [0.05, 0.1) is 0 Å². The van der Waals surface area contributed by atoms with E-state index in [4.69, 9.17) is 0 Å². The van der Waals surface area contributed by atoms with Gasteiger partial charge in [-0.05, 0) is 19.3 Å². The molecule has 15 heavy (non-hydrogen) atoms. The SMILES string of the molecule is CCN1C=NN(C)C1CC1CCCCC1. The van der Waals surface area contributed by atoms with Crippen LogP contribution in [0.15, 0.2) is 5.10 Å². The monoisotopic (exact) mass is 209 g/mol. The summed E-state index contributed by atoms with van der Waals surface area (Å²) in [6.45, 7) is 3.28. The lowest BCUT2D eigenvalue weighted by molar-refractivity contribution is 0.123. The van der Waals surface area contributed by atoms with E-state index < -0.39 is 0 Å². The van der Waals surface area contributed by atoms with Gasteiger partial charge in [0.15, 0.2) is 0 Å². The highest BCUT2D eigenvalue weighted by molar-refractivity contribution is 5.56. The Labute approximate surface area is 93.1 Å². The van der Waals surface area contributed by atoms with Crippen molar-refractivity contribution in [3.8, 4) is 0 Å². The van der Waals surface area contributed by atoms with Crippen molar-refractivity contribution in [2.75, 3.05) is 13.6 Å². The van der Waals surface area contributed by atoms with Crippen molar-refractivity contribution in [2.45, 2.75) is 51.6 Å². The fourth-order valence-electron chi connectivity index (χ4n) is 2.82. The first-order chi connectivity index (χ1) is 7.31. The summed E-state index contributed by atoms with van der Waals surface area (Å²) in [5.74, 6) is 0.932. The van der Waals surface area contributed by atoms with Gasteiger partial charge in [-0.3, -0.25) is 5.01 Å². The van der Waals surface area contributed by atoms with Crippen LogP contribution in [-0.4, -0.2) is 36.0 Å². The van der Waals surface area contributed by atoms with Crippen LogP contribution in [0, 0.1) is 5.92 Å². The molecule has 1 atom stereocenters. The van der Waals surface area contributed by atoms with E-state index in [2.05, 4.69) is 29.0 Å². The molecule has 1 aliphatic carbocycles. The lowest BCUT2D eigenvalue weighted by Gasteiger charge is -2.32. The average molecular weight is 209 g/mol. The van der Waals surface area contributed by atoms with E-state index in [9.17, 15) is 0 Å². The smallest absolute Gasteiger partial charge is 0.119 e. The van der Waals surface area contributed by atoms with Crippen LogP contribution in [0.2, 0.25) is 0 Å². The number of hydrogen-bond acceptors (Lipinski definition) is 3. The molecule has 0 aromatic heterocycles. The zero-order chi connectivity index (χ0) is 10.7. The fraction of sp³-hybridized carbons (Fsp3) is 0.917. The third-order valence-electron chi connectivity index (χ3n) is 3.83. The maximum atomic E-state index is 4.37. The summed E-state index contributed by atoms with van der Waals surface area (Å²) < 4.78 is 0. The van der Waals surface area contributed by atoms with Crippen LogP contribution in [0.4, 0.5) is 0 Å². The molecule has 0 saturated heterocycles. The Hall–Kier alpha value is -0.730. The van der Waals surface area contributed by atoms with Gasteiger partial charge in [0.2, 0.25) is 0 Å². The van der Waals surface area contributed by atoms with Crippen molar-refractivity contribution < 1.29 is 0 Å². The number of nitrogens with zero attached hydrogens (tertiary/aromatic N) is 3. The van der Waals surface area contributed by atoms with Crippen molar-refractivity contribution in [3.05, 3.63) is 0 Å². The Morgan fingerprint density at radius 2 is 2.00 bits per heavy atom. The zero-order valence-corrected chi connectivity index (χ0v) is 10.0. The van der Waals surface area contributed by atoms with Crippen LogP contribution in [-0.2, 0) is 0 Å². The summed E-state index contributed by atoms with van der Waals surface area (Å²) >= 11 is 0. The average Bonchev–Trinajstić information content (AvgIpc) is 2.62. The molecule has 1 fully saturated rings. The van der Waals surface area contributed by atoms with E-state index in [-0.39, 0.29) is 0 Å². The first-order valence-electron chi connectivity index (χ1n) is 6.34. The summed E-state index contributed by atoms with van der Waals surface area (Å²) in [4.78, 5) is 2.36. The molecule has 1 unspecified atom stereocenters. The largest absolute Gasteiger partial charge is 0.340 e. The molecule has 0 aromatic carbocycles. The summed E-state index contributed by atoms with van der Waals surface area (Å²) in [5.41, 5.74) is 0. The molecular weight excluding hydrogens is 186 g/mol. The lowest BCUT2D eigenvalue weighted by atomic mass is 9.86. The topological polar surface area (TPSA) is 18.8 Å². The third kappa shape index (κ3) is 2.44. The number of rotatable bonds is 3. The summed E-state index contributed by atoms with van der Waals surface area (Å²) in [5, 5.41) is 6.49. The maximum absolute atomic E-state index is 4.37. The summed E-state index contributed by atoms with van der Waals surface area (Å²) in [7, 11) is 2.10. The molecule has 86 valence electrons. The van der Waals surface area contributed by atoms with E-state index in [1.807, 2.05) is 6.34 Å². The van der Waals surface area contributed by atoms with Gasteiger partial charge in [-0.1, -0.05) is 32.1 Å². The van der Waals surface area contributed by atoms with E-state index >= 15 is 0 Å². The minimum Gasteiger partial charge on any atom is -0.340 e. The molecule has 0 aromatic rings. The minimum atomic E-state index is 0.526. The molecule has 3 heteroatoms. The van der Waals surface area contributed by atoms with E-state index in [1.54, 1.807) is 0 Å². The van der Waals surface area contributed by atoms with E-state index in [1.165, 1.54) is 38.5 Å². The maximum Gasteiger partial charge on any atom is 0.119 e. The standard InChI is InChI=1S/C12H23N3/c1-3-15-10-13-14(2)12(15)9-11-7-5-4-6-8-11/h10-12H,3-9H2,1-2H3. The van der Waals surface area contributed by atoms with E-state index in [0.29, 0.717) is 6.17 Å². The molecule has 1 heterocycles. The van der Waals surface area contributed by atoms with Gasteiger partial charge in [-0.25, -0.2) is 0 Å². The first kappa shape index (κ1) is 10.8.